The van der Waals surface area contributed by atoms with Crippen LogP contribution in [-0.4, -0.2) is 17.6 Å². The summed E-state index contributed by atoms with van der Waals surface area (Å²) in [6.45, 7) is 2.56. The average Bonchev–Trinajstić information content (AvgIpc) is 2.91. The summed E-state index contributed by atoms with van der Waals surface area (Å²) in [5.74, 6) is 0.682. The van der Waals surface area contributed by atoms with Crippen molar-refractivity contribution in [2.24, 2.45) is 7.05 Å². The molecule has 0 bridgehead atoms. The third-order valence-electron chi connectivity index (χ3n) is 4.07. The number of amides is 1. The second-order valence-corrected chi connectivity index (χ2v) is 5.65. The van der Waals surface area contributed by atoms with Gasteiger partial charge in [0.15, 0.2) is 0 Å². The van der Waals surface area contributed by atoms with Gasteiger partial charge in [0.25, 0.3) is 5.91 Å². The van der Waals surface area contributed by atoms with Gasteiger partial charge in [-0.1, -0.05) is 35.9 Å². The molecule has 0 saturated carbocycles. The molecule has 0 radical (unpaired) electrons. The Morgan fingerprint density at radius 1 is 1.17 bits per heavy atom. The summed E-state index contributed by atoms with van der Waals surface area (Å²) < 4.78 is 7.26. The molecular formula is C19H20N2O2. The minimum atomic E-state index is -0.0914. The van der Waals surface area contributed by atoms with Crippen molar-refractivity contribution < 1.29 is 9.53 Å². The maximum Gasteiger partial charge on any atom is 0.268 e. The lowest BCUT2D eigenvalue weighted by Crippen LogP contribution is -2.24. The third kappa shape index (κ3) is 2.93. The van der Waals surface area contributed by atoms with E-state index in [1.165, 1.54) is 5.56 Å². The Kier molecular flexibility index (Phi) is 4.06. The molecule has 0 spiro atoms. The quantitative estimate of drug-likeness (QED) is 0.802. The Morgan fingerprint density at radius 3 is 2.61 bits per heavy atom. The minimum Gasteiger partial charge on any atom is -0.496 e. The zero-order chi connectivity index (χ0) is 16.4. The lowest BCUT2D eigenvalue weighted by atomic mass is 10.1. The molecule has 3 aromatic rings. The lowest BCUT2D eigenvalue weighted by molar-refractivity contribution is 0.0943. The second kappa shape index (κ2) is 6.16. The Hall–Kier alpha value is -2.75. The van der Waals surface area contributed by atoms with Gasteiger partial charge in [-0.05, 0) is 30.7 Å². The van der Waals surface area contributed by atoms with Crippen LogP contribution in [0.5, 0.6) is 5.75 Å². The van der Waals surface area contributed by atoms with Crippen LogP contribution in [0.25, 0.3) is 10.9 Å². The van der Waals surface area contributed by atoms with Crippen molar-refractivity contribution >= 4 is 16.8 Å². The van der Waals surface area contributed by atoms with Crippen LogP contribution in [0.4, 0.5) is 0 Å². The van der Waals surface area contributed by atoms with Crippen LogP contribution < -0.4 is 10.1 Å². The number of aryl methyl sites for hydroxylation is 2. The number of nitrogens with zero attached hydrogens (tertiary/aromatic N) is 1. The molecule has 4 nitrogen and oxygen atoms in total. The topological polar surface area (TPSA) is 43.3 Å². The number of fused-ring (bicyclic) bond motifs is 1. The van der Waals surface area contributed by atoms with Gasteiger partial charge in [-0.2, -0.15) is 0 Å². The van der Waals surface area contributed by atoms with E-state index >= 15 is 0 Å². The SMILES string of the molecule is COc1cccc2c1cc(C(=O)NCc1ccc(C)cc1)n2C. The first-order chi connectivity index (χ1) is 11.1. The van der Waals surface area contributed by atoms with E-state index in [4.69, 9.17) is 4.74 Å². The van der Waals surface area contributed by atoms with Gasteiger partial charge in [0.05, 0.1) is 12.6 Å². The normalized spacial score (nSPS) is 10.7. The van der Waals surface area contributed by atoms with Crippen molar-refractivity contribution in [2.45, 2.75) is 13.5 Å². The van der Waals surface area contributed by atoms with E-state index in [-0.39, 0.29) is 5.91 Å². The van der Waals surface area contributed by atoms with Gasteiger partial charge in [-0.25, -0.2) is 0 Å². The molecule has 4 heteroatoms. The highest BCUT2D eigenvalue weighted by Gasteiger charge is 2.15. The zero-order valence-corrected chi connectivity index (χ0v) is 13.6. The molecule has 1 N–H and O–H groups in total. The van der Waals surface area contributed by atoms with Gasteiger partial charge < -0.3 is 14.6 Å². The lowest BCUT2D eigenvalue weighted by Gasteiger charge is -2.07. The van der Waals surface area contributed by atoms with E-state index in [1.54, 1.807) is 7.11 Å². The van der Waals surface area contributed by atoms with E-state index in [1.807, 2.05) is 67.1 Å². The molecule has 0 saturated heterocycles. The predicted molar refractivity (Wildman–Crippen MR) is 91.8 cm³/mol. The highest BCUT2D eigenvalue weighted by Crippen LogP contribution is 2.28. The highest BCUT2D eigenvalue weighted by molar-refractivity contribution is 6.00. The molecule has 3 rings (SSSR count). The smallest absolute Gasteiger partial charge is 0.268 e. The van der Waals surface area contributed by atoms with Crippen molar-refractivity contribution in [1.82, 2.24) is 9.88 Å². The average molecular weight is 308 g/mol. The zero-order valence-electron chi connectivity index (χ0n) is 13.6. The fourth-order valence-corrected chi connectivity index (χ4v) is 2.71. The number of hydrogen-bond donors (Lipinski definition) is 1. The van der Waals surface area contributed by atoms with Crippen LogP contribution in [0, 0.1) is 6.92 Å². The molecule has 0 fully saturated rings. The number of nitrogens with one attached hydrogen (secondary N) is 1. The summed E-state index contributed by atoms with van der Waals surface area (Å²) in [5.41, 5.74) is 3.89. The fourth-order valence-electron chi connectivity index (χ4n) is 2.71. The van der Waals surface area contributed by atoms with Crippen molar-refractivity contribution in [3.8, 4) is 5.75 Å². The first kappa shape index (κ1) is 15.2. The molecule has 0 unspecified atom stereocenters. The third-order valence-corrected chi connectivity index (χ3v) is 4.07. The number of methoxy groups -OCH3 is 1. The molecule has 0 aliphatic rings. The first-order valence-electron chi connectivity index (χ1n) is 7.56. The Morgan fingerprint density at radius 2 is 1.91 bits per heavy atom. The van der Waals surface area contributed by atoms with E-state index in [2.05, 4.69) is 5.32 Å². The van der Waals surface area contributed by atoms with Crippen molar-refractivity contribution in [3.05, 3.63) is 65.4 Å². The summed E-state index contributed by atoms with van der Waals surface area (Å²) in [6.07, 6.45) is 0. The molecule has 118 valence electrons. The number of rotatable bonds is 4. The number of hydrogen-bond acceptors (Lipinski definition) is 2. The Bertz CT molecular complexity index is 848. The maximum atomic E-state index is 12.5. The summed E-state index contributed by atoms with van der Waals surface area (Å²) >= 11 is 0. The largest absolute Gasteiger partial charge is 0.496 e. The van der Waals surface area contributed by atoms with E-state index in [0.717, 1.165) is 22.2 Å². The monoisotopic (exact) mass is 308 g/mol. The summed E-state index contributed by atoms with van der Waals surface area (Å²) in [5, 5.41) is 3.92. The van der Waals surface area contributed by atoms with E-state index in [9.17, 15) is 4.79 Å². The van der Waals surface area contributed by atoms with E-state index in [0.29, 0.717) is 12.2 Å². The number of carbonyl (C=O) groups excluding carboxylic acids is 1. The summed E-state index contributed by atoms with van der Waals surface area (Å²) in [7, 11) is 3.53. The van der Waals surface area contributed by atoms with Crippen molar-refractivity contribution in [1.29, 1.82) is 0 Å². The van der Waals surface area contributed by atoms with Crippen LogP contribution >= 0.6 is 0 Å². The van der Waals surface area contributed by atoms with Crippen LogP contribution in [-0.2, 0) is 13.6 Å². The number of aromatic nitrogens is 1. The van der Waals surface area contributed by atoms with Gasteiger partial charge in [0.1, 0.15) is 11.4 Å². The molecule has 2 aromatic carbocycles. The van der Waals surface area contributed by atoms with Crippen molar-refractivity contribution in [2.75, 3.05) is 7.11 Å². The molecule has 1 heterocycles. The molecule has 0 atom stereocenters. The number of benzene rings is 2. The van der Waals surface area contributed by atoms with Gasteiger partial charge in [-0.3, -0.25) is 4.79 Å². The Balaban J connectivity index is 1.83. The van der Waals surface area contributed by atoms with Crippen LogP contribution in [0.1, 0.15) is 21.6 Å². The highest BCUT2D eigenvalue weighted by atomic mass is 16.5. The van der Waals surface area contributed by atoms with Gasteiger partial charge in [0, 0.05) is 19.0 Å². The first-order valence-corrected chi connectivity index (χ1v) is 7.56. The molecule has 1 amide bonds. The van der Waals surface area contributed by atoms with Crippen LogP contribution in [0.2, 0.25) is 0 Å². The minimum absolute atomic E-state index is 0.0914. The van der Waals surface area contributed by atoms with Gasteiger partial charge >= 0.3 is 0 Å². The molecule has 23 heavy (non-hydrogen) atoms. The van der Waals surface area contributed by atoms with E-state index < -0.39 is 0 Å². The standard InChI is InChI=1S/C19H20N2O2/c1-13-7-9-14(10-8-13)12-20-19(22)17-11-15-16(21(17)2)5-4-6-18(15)23-3/h4-11H,12H2,1-3H3,(H,20,22). The maximum absolute atomic E-state index is 12.5. The molecular weight excluding hydrogens is 288 g/mol. The summed E-state index contributed by atoms with van der Waals surface area (Å²) in [6, 6.07) is 15.8. The molecule has 1 aromatic heterocycles. The Labute approximate surface area is 135 Å². The summed E-state index contributed by atoms with van der Waals surface area (Å²) in [4.78, 5) is 12.5. The molecule has 0 aliphatic carbocycles. The molecule has 0 aliphatic heterocycles. The van der Waals surface area contributed by atoms with Gasteiger partial charge in [-0.15, -0.1) is 0 Å². The van der Waals surface area contributed by atoms with Crippen LogP contribution in [0.3, 0.4) is 0 Å². The van der Waals surface area contributed by atoms with Crippen molar-refractivity contribution in [3.63, 3.8) is 0 Å². The number of carbonyl (C=O) groups is 1. The predicted octanol–water partition coefficient (Wildman–Crippen LogP) is 3.43. The van der Waals surface area contributed by atoms with Crippen LogP contribution in [0.15, 0.2) is 48.5 Å². The fraction of sp³-hybridized carbons (Fsp3) is 0.211. The second-order valence-electron chi connectivity index (χ2n) is 5.65. The number of ether oxygens (including phenoxy) is 1. The van der Waals surface area contributed by atoms with Gasteiger partial charge in [0.2, 0.25) is 0 Å².